The van der Waals surface area contributed by atoms with Crippen molar-refractivity contribution in [3.8, 4) is 0 Å². The number of rotatable bonds is 5. The van der Waals surface area contributed by atoms with Crippen LogP contribution in [0, 0.1) is 0 Å². The van der Waals surface area contributed by atoms with Gasteiger partial charge in [-0.1, -0.05) is 17.8 Å². The van der Waals surface area contributed by atoms with Crippen molar-refractivity contribution in [2.45, 2.75) is 56.6 Å². The van der Waals surface area contributed by atoms with Crippen LogP contribution in [0.5, 0.6) is 0 Å². The second-order valence-electron chi connectivity index (χ2n) is 8.77. The number of amidine groups is 1. The Kier molecular flexibility index (Phi) is 6.96. The molecule has 2 aromatic rings. The zero-order valence-corrected chi connectivity index (χ0v) is 20.5. The quantitative estimate of drug-likeness (QED) is 0.645. The summed E-state index contributed by atoms with van der Waals surface area (Å²) in [6.45, 7) is 1.83. The number of nitrogens with one attached hydrogen (secondary N) is 2. The number of carbonyl (C=O) groups is 3. The average molecular weight is 498 g/mol. The average Bonchev–Trinajstić information content (AvgIpc) is 3.42. The molecular formula is C24H27N5O3S2. The number of nitrogens with zero attached hydrogens (tertiary/aromatic N) is 3. The van der Waals surface area contributed by atoms with Crippen LogP contribution >= 0.6 is 23.1 Å². The predicted molar refractivity (Wildman–Crippen MR) is 136 cm³/mol. The number of hydrogen-bond donors (Lipinski definition) is 2. The molecule has 5 rings (SSSR count). The van der Waals surface area contributed by atoms with E-state index in [-0.39, 0.29) is 24.1 Å². The first-order chi connectivity index (χ1) is 16.5. The summed E-state index contributed by atoms with van der Waals surface area (Å²) in [6, 6.07) is 6.80. The van der Waals surface area contributed by atoms with Crippen LogP contribution < -0.4 is 10.6 Å². The molecule has 2 aliphatic heterocycles. The molecule has 2 N–H and O–H groups in total. The van der Waals surface area contributed by atoms with E-state index in [4.69, 9.17) is 0 Å². The third-order valence-corrected chi connectivity index (χ3v) is 8.49. The second-order valence-corrected chi connectivity index (χ2v) is 11.0. The van der Waals surface area contributed by atoms with Crippen LogP contribution in [-0.4, -0.2) is 51.1 Å². The third kappa shape index (κ3) is 5.33. The highest BCUT2D eigenvalue weighted by Crippen LogP contribution is 2.31. The highest BCUT2D eigenvalue weighted by atomic mass is 32.2. The van der Waals surface area contributed by atoms with Crippen molar-refractivity contribution in [3.63, 3.8) is 0 Å². The van der Waals surface area contributed by atoms with Gasteiger partial charge in [-0.15, -0.1) is 11.3 Å². The fourth-order valence-electron chi connectivity index (χ4n) is 4.42. The van der Waals surface area contributed by atoms with Gasteiger partial charge in [-0.05, 0) is 63.1 Å². The monoisotopic (exact) mass is 497 g/mol. The van der Waals surface area contributed by atoms with Gasteiger partial charge in [-0.25, -0.2) is 4.98 Å². The SMILES string of the molecule is O=C(CC1SC(N2CCCCC2)=NC1=O)Nc1cccc(C(=O)Nc2nc3c(s2)CCCC3)c1. The molecule has 0 bridgehead atoms. The van der Waals surface area contributed by atoms with Crippen molar-refractivity contribution in [2.75, 3.05) is 23.7 Å². The van der Waals surface area contributed by atoms with E-state index in [0.29, 0.717) is 16.4 Å². The van der Waals surface area contributed by atoms with Gasteiger partial charge in [-0.3, -0.25) is 19.7 Å². The second kappa shape index (κ2) is 10.3. The number of anilines is 2. The minimum Gasteiger partial charge on any atom is -0.351 e. The summed E-state index contributed by atoms with van der Waals surface area (Å²) >= 11 is 2.92. The smallest absolute Gasteiger partial charge is 0.262 e. The number of thiazole rings is 1. The number of benzene rings is 1. The predicted octanol–water partition coefficient (Wildman–Crippen LogP) is 4.09. The zero-order chi connectivity index (χ0) is 23.5. The van der Waals surface area contributed by atoms with Crippen LogP contribution in [0.3, 0.4) is 0 Å². The van der Waals surface area contributed by atoms with E-state index >= 15 is 0 Å². The highest BCUT2D eigenvalue weighted by Gasteiger charge is 2.33. The first kappa shape index (κ1) is 23.0. The molecule has 1 aliphatic carbocycles. The molecule has 178 valence electrons. The van der Waals surface area contributed by atoms with Crippen molar-refractivity contribution in [1.29, 1.82) is 0 Å². The molecule has 1 aromatic heterocycles. The summed E-state index contributed by atoms with van der Waals surface area (Å²) in [5, 5.41) is 6.56. The Labute approximate surface area is 206 Å². The summed E-state index contributed by atoms with van der Waals surface area (Å²) in [4.78, 5) is 49.9. The van der Waals surface area contributed by atoms with Crippen LogP contribution in [0.15, 0.2) is 29.3 Å². The molecule has 1 atom stereocenters. The van der Waals surface area contributed by atoms with Gasteiger partial charge in [-0.2, -0.15) is 4.99 Å². The van der Waals surface area contributed by atoms with Crippen LogP contribution in [0.25, 0.3) is 0 Å². The standard InChI is InChI=1S/C24H27N5O3S2/c30-20(14-19-22(32)28-24(34-19)29-11-4-1-5-12-29)25-16-8-6-7-15(13-16)21(31)27-23-26-17-9-2-3-10-18(17)33-23/h6-8,13,19H,1-5,9-12,14H2,(H,25,30)(H,26,27,31). The lowest BCUT2D eigenvalue weighted by Crippen LogP contribution is -2.33. The Morgan fingerprint density at radius 1 is 1.06 bits per heavy atom. The van der Waals surface area contributed by atoms with Gasteiger partial charge < -0.3 is 10.2 Å². The van der Waals surface area contributed by atoms with Crippen LogP contribution in [0.2, 0.25) is 0 Å². The summed E-state index contributed by atoms with van der Waals surface area (Å²) < 4.78 is 0. The summed E-state index contributed by atoms with van der Waals surface area (Å²) in [7, 11) is 0. The number of likely N-dealkylation sites (tertiary alicyclic amines) is 1. The maximum atomic E-state index is 12.7. The summed E-state index contributed by atoms with van der Waals surface area (Å²) in [5.74, 6) is -0.783. The van der Waals surface area contributed by atoms with Gasteiger partial charge in [0, 0.05) is 35.6 Å². The van der Waals surface area contributed by atoms with Crippen molar-refractivity contribution >= 4 is 56.8 Å². The van der Waals surface area contributed by atoms with E-state index in [1.165, 1.54) is 29.5 Å². The van der Waals surface area contributed by atoms with E-state index < -0.39 is 5.25 Å². The van der Waals surface area contributed by atoms with Crippen molar-refractivity contribution in [1.82, 2.24) is 9.88 Å². The molecule has 3 aliphatic rings. The van der Waals surface area contributed by atoms with Gasteiger partial charge in [0.1, 0.15) is 5.25 Å². The number of aliphatic imine (C=N–C) groups is 1. The number of thioether (sulfide) groups is 1. The summed E-state index contributed by atoms with van der Waals surface area (Å²) in [6.07, 6.45) is 7.76. The normalized spacial score (nSPS) is 20.0. The Bertz CT molecular complexity index is 1120. The lowest BCUT2D eigenvalue weighted by atomic mass is 10.0. The van der Waals surface area contributed by atoms with Crippen LogP contribution in [-0.2, 0) is 22.4 Å². The third-order valence-electron chi connectivity index (χ3n) is 6.20. The molecule has 10 heteroatoms. The van der Waals surface area contributed by atoms with E-state index in [1.807, 2.05) is 0 Å². The van der Waals surface area contributed by atoms with E-state index in [2.05, 4.69) is 25.5 Å². The zero-order valence-electron chi connectivity index (χ0n) is 18.8. The number of aryl methyl sites for hydroxylation is 2. The molecule has 1 saturated heterocycles. The molecule has 1 aromatic carbocycles. The number of hydrogen-bond acceptors (Lipinski definition) is 7. The first-order valence-corrected chi connectivity index (χ1v) is 13.5. The Morgan fingerprint density at radius 3 is 2.71 bits per heavy atom. The minimum atomic E-state index is -0.501. The van der Waals surface area contributed by atoms with E-state index in [1.54, 1.807) is 35.6 Å². The van der Waals surface area contributed by atoms with Crippen molar-refractivity contribution in [2.24, 2.45) is 4.99 Å². The number of carbonyl (C=O) groups excluding carboxylic acids is 3. The Morgan fingerprint density at radius 2 is 1.88 bits per heavy atom. The number of fused-ring (bicyclic) bond motifs is 1. The fraction of sp³-hybridized carbons (Fsp3) is 0.458. The lowest BCUT2D eigenvalue weighted by molar-refractivity contribution is -0.121. The molecule has 8 nitrogen and oxygen atoms in total. The number of amides is 3. The molecule has 0 radical (unpaired) electrons. The van der Waals surface area contributed by atoms with Crippen molar-refractivity contribution < 1.29 is 14.4 Å². The number of aromatic nitrogens is 1. The molecule has 3 heterocycles. The molecule has 0 saturated carbocycles. The van der Waals surface area contributed by atoms with Crippen LogP contribution in [0.1, 0.15) is 59.5 Å². The molecule has 1 unspecified atom stereocenters. The molecule has 1 fully saturated rings. The van der Waals surface area contributed by atoms with Gasteiger partial charge in [0.15, 0.2) is 10.3 Å². The van der Waals surface area contributed by atoms with E-state index in [9.17, 15) is 14.4 Å². The largest absolute Gasteiger partial charge is 0.351 e. The first-order valence-electron chi connectivity index (χ1n) is 11.8. The Balaban J connectivity index is 1.16. The van der Waals surface area contributed by atoms with E-state index in [0.717, 1.165) is 56.1 Å². The van der Waals surface area contributed by atoms with Gasteiger partial charge in [0.2, 0.25) is 5.91 Å². The highest BCUT2D eigenvalue weighted by molar-refractivity contribution is 8.15. The molecule has 34 heavy (non-hydrogen) atoms. The minimum absolute atomic E-state index is 0.0471. The van der Waals surface area contributed by atoms with Gasteiger partial charge >= 0.3 is 0 Å². The van der Waals surface area contributed by atoms with Gasteiger partial charge in [0.05, 0.1) is 5.69 Å². The molecule has 0 spiro atoms. The maximum absolute atomic E-state index is 12.7. The molecule has 3 amide bonds. The molecular weight excluding hydrogens is 470 g/mol. The topological polar surface area (TPSA) is 104 Å². The van der Waals surface area contributed by atoms with Gasteiger partial charge in [0.25, 0.3) is 11.8 Å². The maximum Gasteiger partial charge on any atom is 0.262 e. The lowest BCUT2D eigenvalue weighted by Gasteiger charge is -2.27. The summed E-state index contributed by atoms with van der Waals surface area (Å²) in [5.41, 5.74) is 2.05. The Hall–Kier alpha value is -2.72. The number of piperidine rings is 1. The van der Waals surface area contributed by atoms with Crippen LogP contribution in [0.4, 0.5) is 10.8 Å². The van der Waals surface area contributed by atoms with Crippen molar-refractivity contribution in [3.05, 3.63) is 40.4 Å². The fourth-order valence-corrected chi connectivity index (χ4v) is 6.58.